The molecule has 1 atom stereocenters. The van der Waals surface area contributed by atoms with E-state index in [1.54, 1.807) is 18.5 Å². The summed E-state index contributed by atoms with van der Waals surface area (Å²) in [6.07, 6.45) is 2.64. The topological polar surface area (TPSA) is 46.0 Å². The Balaban J connectivity index is 2.04. The second-order valence-electron chi connectivity index (χ2n) is 4.12. The highest BCUT2D eigenvalue weighted by molar-refractivity contribution is 5.78. The summed E-state index contributed by atoms with van der Waals surface area (Å²) in [4.78, 5) is 8.50. The molecule has 88 valence electrons. The van der Waals surface area contributed by atoms with Crippen LogP contribution in [0.15, 0.2) is 60.9 Å². The summed E-state index contributed by atoms with van der Waals surface area (Å²) in [5.41, 5.74) is 2.32. The average Bonchev–Trinajstić information content (AvgIpc) is 2.47. The number of fused-ring (bicyclic) bond motifs is 1. The van der Waals surface area contributed by atoms with Crippen LogP contribution in [0.2, 0.25) is 0 Å². The highest BCUT2D eigenvalue weighted by Crippen LogP contribution is 2.22. The van der Waals surface area contributed by atoms with Crippen LogP contribution in [-0.4, -0.2) is 15.1 Å². The van der Waals surface area contributed by atoms with Crippen LogP contribution >= 0.6 is 0 Å². The molecule has 0 aliphatic rings. The first-order chi connectivity index (χ1) is 8.84. The second-order valence-corrected chi connectivity index (χ2v) is 4.12. The van der Waals surface area contributed by atoms with Gasteiger partial charge in [-0.1, -0.05) is 24.3 Å². The number of aliphatic hydroxyl groups is 1. The van der Waals surface area contributed by atoms with Crippen molar-refractivity contribution in [2.75, 3.05) is 0 Å². The molecule has 0 radical (unpaired) electrons. The first kappa shape index (κ1) is 10.9. The highest BCUT2D eigenvalue weighted by atomic mass is 16.3. The molecular formula is C15H12N2O. The van der Waals surface area contributed by atoms with Crippen LogP contribution in [0.1, 0.15) is 17.4 Å². The van der Waals surface area contributed by atoms with Crippen molar-refractivity contribution >= 4 is 10.9 Å². The third-order valence-corrected chi connectivity index (χ3v) is 2.90. The largest absolute Gasteiger partial charge is 0.382 e. The maximum absolute atomic E-state index is 10.2. The minimum atomic E-state index is -0.733. The highest BCUT2D eigenvalue weighted by Gasteiger charge is 2.12. The van der Waals surface area contributed by atoms with Gasteiger partial charge in [-0.05, 0) is 24.3 Å². The fourth-order valence-corrected chi connectivity index (χ4v) is 1.95. The number of benzene rings is 1. The molecule has 3 heteroatoms. The minimum absolute atomic E-state index is 0.634. The molecule has 1 unspecified atom stereocenters. The molecule has 3 nitrogen and oxygen atoms in total. The van der Waals surface area contributed by atoms with E-state index in [1.165, 1.54) is 0 Å². The summed E-state index contributed by atoms with van der Waals surface area (Å²) in [7, 11) is 0. The van der Waals surface area contributed by atoms with Crippen molar-refractivity contribution in [1.29, 1.82) is 0 Å². The monoisotopic (exact) mass is 236 g/mol. The van der Waals surface area contributed by atoms with Crippen molar-refractivity contribution in [3.05, 3.63) is 72.2 Å². The van der Waals surface area contributed by atoms with Crippen molar-refractivity contribution in [1.82, 2.24) is 9.97 Å². The Labute approximate surface area is 105 Å². The molecule has 18 heavy (non-hydrogen) atoms. The van der Waals surface area contributed by atoms with E-state index in [4.69, 9.17) is 0 Å². The van der Waals surface area contributed by atoms with E-state index in [0.29, 0.717) is 5.69 Å². The summed E-state index contributed by atoms with van der Waals surface area (Å²) in [6, 6.07) is 15.3. The molecular weight excluding hydrogens is 224 g/mol. The number of para-hydroxylation sites is 1. The summed E-state index contributed by atoms with van der Waals surface area (Å²) in [5.74, 6) is 0. The van der Waals surface area contributed by atoms with E-state index in [2.05, 4.69) is 9.97 Å². The number of hydrogen-bond acceptors (Lipinski definition) is 3. The van der Waals surface area contributed by atoms with E-state index in [-0.39, 0.29) is 0 Å². The summed E-state index contributed by atoms with van der Waals surface area (Å²) in [6.45, 7) is 0. The molecule has 0 amide bonds. The normalized spacial score (nSPS) is 12.5. The van der Waals surface area contributed by atoms with Crippen LogP contribution in [-0.2, 0) is 0 Å². The molecule has 0 bridgehead atoms. The molecule has 3 aromatic rings. The predicted molar refractivity (Wildman–Crippen MR) is 70.0 cm³/mol. The van der Waals surface area contributed by atoms with Gasteiger partial charge < -0.3 is 5.11 Å². The summed E-state index contributed by atoms with van der Waals surface area (Å²) < 4.78 is 0. The SMILES string of the molecule is OC(c1cnc2ccccc2c1)c1ccccn1. The first-order valence-electron chi connectivity index (χ1n) is 5.78. The summed E-state index contributed by atoms with van der Waals surface area (Å²) in [5, 5.41) is 11.3. The zero-order valence-electron chi connectivity index (χ0n) is 9.69. The van der Waals surface area contributed by atoms with Crippen LogP contribution in [0.25, 0.3) is 10.9 Å². The van der Waals surface area contributed by atoms with Crippen molar-refractivity contribution < 1.29 is 5.11 Å². The van der Waals surface area contributed by atoms with Gasteiger partial charge in [0.05, 0.1) is 11.2 Å². The van der Waals surface area contributed by atoms with Crippen LogP contribution in [0, 0.1) is 0 Å². The van der Waals surface area contributed by atoms with Gasteiger partial charge in [0.15, 0.2) is 0 Å². The van der Waals surface area contributed by atoms with Gasteiger partial charge in [-0.15, -0.1) is 0 Å². The number of aromatic nitrogens is 2. The lowest BCUT2D eigenvalue weighted by Crippen LogP contribution is -2.02. The third-order valence-electron chi connectivity index (χ3n) is 2.90. The smallest absolute Gasteiger partial charge is 0.122 e. The number of rotatable bonds is 2. The van der Waals surface area contributed by atoms with Crippen LogP contribution in [0.4, 0.5) is 0 Å². The number of nitrogens with zero attached hydrogens (tertiary/aromatic N) is 2. The fourth-order valence-electron chi connectivity index (χ4n) is 1.95. The molecule has 0 aliphatic carbocycles. The molecule has 0 saturated heterocycles. The van der Waals surface area contributed by atoms with E-state index < -0.39 is 6.10 Å². The maximum Gasteiger partial charge on any atom is 0.122 e. The number of pyridine rings is 2. The second kappa shape index (κ2) is 4.55. The van der Waals surface area contributed by atoms with E-state index in [1.807, 2.05) is 42.5 Å². The van der Waals surface area contributed by atoms with Gasteiger partial charge >= 0.3 is 0 Å². The Kier molecular flexibility index (Phi) is 2.74. The molecule has 1 N–H and O–H groups in total. The molecule has 0 saturated carbocycles. The van der Waals surface area contributed by atoms with Gasteiger partial charge in [-0.2, -0.15) is 0 Å². The van der Waals surface area contributed by atoms with E-state index >= 15 is 0 Å². The first-order valence-corrected chi connectivity index (χ1v) is 5.78. The van der Waals surface area contributed by atoms with Crippen molar-refractivity contribution in [2.24, 2.45) is 0 Å². The van der Waals surface area contributed by atoms with Gasteiger partial charge in [-0.25, -0.2) is 0 Å². The Morgan fingerprint density at radius 1 is 0.944 bits per heavy atom. The number of aliphatic hydroxyl groups excluding tert-OH is 1. The molecule has 2 aromatic heterocycles. The van der Waals surface area contributed by atoms with Crippen molar-refractivity contribution in [3.63, 3.8) is 0 Å². The van der Waals surface area contributed by atoms with Crippen LogP contribution < -0.4 is 0 Å². The Morgan fingerprint density at radius 3 is 2.61 bits per heavy atom. The van der Waals surface area contributed by atoms with Gasteiger partial charge in [0, 0.05) is 23.3 Å². The van der Waals surface area contributed by atoms with Gasteiger partial charge in [-0.3, -0.25) is 9.97 Å². The van der Waals surface area contributed by atoms with Gasteiger partial charge in [0.25, 0.3) is 0 Å². The molecule has 2 heterocycles. The Morgan fingerprint density at radius 2 is 1.78 bits per heavy atom. The van der Waals surface area contributed by atoms with E-state index in [9.17, 15) is 5.11 Å². The molecule has 0 spiro atoms. The Hall–Kier alpha value is -2.26. The van der Waals surface area contributed by atoms with Crippen molar-refractivity contribution in [3.8, 4) is 0 Å². The lowest BCUT2D eigenvalue weighted by molar-refractivity contribution is 0.215. The van der Waals surface area contributed by atoms with Gasteiger partial charge in [0.1, 0.15) is 6.10 Å². The zero-order chi connectivity index (χ0) is 12.4. The lowest BCUT2D eigenvalue weighted by Gasteiger charge is -2.10. The lowest BCUT2D eigenvalue weighted by atomic mass is 10.1. The maximum atomic E-state index is 10.2. The molecule has 0 aliphatic heterocycles. The minimum Gasteiger partial charge on any atom is -0.382 e. The summed E-state index contributed by atoms with van der Waals surface area (Å²) >= 11 is 0. The average molecular weight is 236 g/mol. The quantitative estimate of drug-likeness (QED) is 0.744. The molecule has 0 fully saturated rings. The molecule has 1 aromatic carbocycles. The fraction of sp³-hybridized carbons (Fsp3) is 0.0667. The van der Waals surface area contributed by atoms with E-state index in [0.717, 1.165) is 16.5 Å². The Bertz CT molecular complexity index is 667. The number of hydrogen-bond donors (Lipinski definition) is 1. The predicted octanol–water partition coefficient (Wildman–Crippen LogP) is 2.71. The van der Waals surface area contributed by atoms with Crippen molar-refractivity contribution in [2.45, 2.75) is 6.10 Å². The van der Waals surface area contributed by atoms with Crippen LogP contribution in [0.5, 0.6) is 0 Å². The third kappa shape index (κ3) is 1.96. The van der Waals surface area contributed by atoms with Gasteiger partial charge in [0.2, 0.25) is 0 Å². The molecule has 3 rings (SSSR count). The zero-order valence-corrected chi connectivity index (χ0v) is 9.69. The standard InChI is InChI=1S/C15H12N2O/c18-15(14-7-3-4-8-16-14)12-9-11-5-1-2-6-13(11)17-10-12/h1-10,15,18H. The van der Waals surface area contributed by atoms with Crippen LogP contribution in [0.3, 0.4) is 0 Å².